The number of nitrogens with two attached hydrogens (primary N) is 1. The van der Waals surface area contributed by atoms with Crippen LogP contribution in [0.5, 0.6) is 0 Å². The van der Waals surface area contributed by atoms with Gasteiger partial charge < -0.3 is 16.2 Å². The Morgan fingerprint density at radius 3 is 2.71 bits per heavy atom. The first-order valence-corrected chi connectivity index (χ1v) is 6.38. The van der Waals surface area contributed by atoms with Crippen LogP contribution in [0.4, 0.5) is 11.4 Å². The summed E-state index contributed by atoms with van der Waals surface area (Å²) in [7, 11) is 0. The van der Waals surface area contributed by atoms with E-state index in [9.17, 15) is 5.11 Å². The SMILES string of the molecule is CC1CCC(CO)(Nc2cccc(N)c2)CC1. The second-order valence-electron chi connectivity index (χ2n) is 5.37. The highest BCUT2D eigenvalue weighted by Gasteiger charge is 2.33. The van der Waals surface area contributed by atoms with E-state index < -0.39 is 0 Å². The summed E-state index contributed by atoms with van der Waals surface area (Å²) in [6.45, 7) is 2.47. The molecule has 0 aliphatic heterocycles. The van der Waals surface area contributed by atoms with Crippen LogP contribution in [0.2, 0.25) is 0 Å². The third-order valence-electron chi connectivity index (χ3n) is 3.83. The van der Waals surface area contributed by atoms with Gasteiger partial charge in [-0.05, 0) is 49.8 Å². The molecule has 2 rings (SSSR count). The van der Waals surface area contributed by atoms with Crippen molar-refractivity contribution in [1.82, 2.24) is 0 Å². The summed E-state index contributed by atoms with van der Waals surface area (Å²) in [6.07, 6.45) is 4.41. The molecule has 1 saturated carbocycles. The van der Waals surface area contributed by atoms with E-state index in [0.29, 0.717) is 0 Å². The van der Waals surface area contributed by atoms with E-state index in [1.54, 1.807) is 0 Å². The maximum Gasteiger partial charge on any atom is 0.0661 e. The molecule has 1 fully saturated rings. The Labute approximate surface area is 103 Å². The summed E-state index contributed by atoms with van der Waals surface area (Å²) >= 11 is 0. The van der Waals surface area contributed by atoms with Crippen LogP contribution in [0.3, 0.4) is 0 Å². The lowest BCUT2D eigenvalue weighted by molar-refractivity contribution is 0.155. The van der Waals surface area contributed by atoms with Crippen LogP contribution in [0.25, 0.3) is 0 Å². The molecule has 0 saturated heterocycles. The lowest BCUT2D eigenvalue weighted by Crippen LogP contribution is -2.45. The van der Waals surface area contributed by atoms with Gasteiger partial charge in [0.25, 0.3) is 0 Å². The van der Waals surface area contributed by atoms with Gasteiger partial charge in [-0.1, -0.05) is 13.0 Å². The van der Waals surface area contributed by atoms with E-state index in [0.717, 1.165) is 30.1 Å². The van der Waals surface area contributed by atoms with Crippen molar-refractivity contribution in [1.29, 1.82) is 0 Å². The normalized spacial score (nSPS) is 28.9. The number of hydrogen-bond acceptors (Lipinski definition) is 3. The fourth-order valence-corrected chi connectivity index (χ4v) is 2.56. The fourth-order valence-electron chi connectivity index (χ4n) is 2.56. The Morgan fingerprint density at radius 2 is 2.12 bits per heavy atom. The second-order valence-corrected chi connectivity index (χ2v) is 5.37. The lowest BCUT2D eigenvalue weighted by atomic mass is 9.77. The van der Waals surface area contributed by atoms with E-state index in [4.69, 9.17) is 5.73 Å². The van der Waals surface area contributed by atoms with Gasteiger partial charge in [0.15, 0.2) is 0 Å². The smallest absolute Gasteiger partial charge is 0.0661 e. The number of aliphatic hydroxyl groups excluding tert-OH is 1. The molecular weight excluding hydrogens is 212 g/mol. The van der Waals surface area contributed by atoms with E-state index in [1.165, 1.54) is 12.8 Å². The van der Waals surface area contributed by atoms with Crippen molar-refractivity contribution in [3.63, 3.8) is 0 Å². The molecule has 1 aromatic rings. The number of hydrogen-bond donors (Lipinski definition) is 3. The highest BCUT2D eigenvalue weighted by atomic mass is 16.3. The van der Waals surface area contributed by atoms with Crippen LogP contribution in [0.1, 0.15) is 32.6 Å². The number of aliphatic hydroxyl groups is 1. The van der Waals surface area contributed by atoms with Crippen LogP contribution in [-0.2, 0) is 0 Å². The quantitative estimate of drug-likeness (QED) is 0.705. The molecule has 0 amide bonds. The fraction of sp³-hybridized carbons (Fsp3) is 0.571. The van der Waals surface area contributed by atoms with Crippen LogP contribution >= 0.6 is 0 Å². The van der Waals surface area contributed by atoms with Gasteiger partial charge in [0.05, 0.1) is 12.1 Å². The first-order chi connectivity index (χ1) is 8.13. The summed E-state index contributed by atoms with van der Waals surface area (Å²) in [6, 6.07) is 7.75. The molecule has 3 nitrogen and oxygen atoms in total. The highest BCUT2D eigenvalue weighted by Crippen LogP contribution is 2.34. The molecular formula is C14H22N2O. The highest BCUT2D eigenvalue weighted by molar-refractivity contribution is 5.55. The van der Waals surface area contributed by atoms with Gasteiger partial charge in [0.1, 0.15) is 0 Å². The third kappa shape index (κ3) is 2.91. The Bertz CT molecular complexity index is 370. The molecule has 0 unspecified atom stereocenters. The predicted octanol–water partition coefficient (Wildman–Crippen LogP) is 2.62. The number of benzene rings is 1. The molecule has 0 spiro atoms. The Balaban J connectivity index is 2.09. The van der Waals surface area contributed by atoms with Gasteiger partial charge >= 0.3 is 0 Å². The molecule has 4 N–H and O–H groups in total. The van der Waals surface area contributed by atoms with E-state index in [2.05, 4.69) is 12.2 Å². The molecule has 17 heavy (non-hydrogen) atoms. The van der Waals surface area contributed by atoms with Gasteiger partial charge in [-0.2, -0.15) is 0 Å². The summed E-state index contributed by atoms with van der Waals surface area (Å²) in [4.78, 5) is 0. The molecule has 0 atom stereocenters. The summed E-state index contributed by atoms with van der Waals surface area (Å²) < 4.78 is 0. The first-order valence-electron chi connectivity index (χ1n) is 6.38. The van der Waals surface area contributed by atoms with Gasteiger partial charge in [-0.15, -0.1) is 0 Å². The van der Waals surface area contributed by atoms with Crippen molar-refractivity contribution < 1.29 is 5.11 Å². The van der Waals surface area contributed by atoms with Crippen LogP contribution in [0, 0.1) is 5.92 Å². The average molecular weight is 234 g/mol. The minimum absolute atomic E-state index is 0.152. The molecule has 1 aliphatic carbocycles. The van der Waals surface area contributed by atoms with E-state index in [-0.39, 0.29) is 12.1 Å². The number of anilines is 2. The van der Waals surface area contributed by atoms with Crippen molar-refractivity contribution in [2.45, 2.75) is 38.1 Å². The Hall–Kier alpha value is -1.22. The molecule has 3 heteroatoms. The van der Waals surface area contributed by atoms with Crippen molar-refractivity contribution in [3.05, 3.63) is 24.3 Å². The minimum atomic E-state index is -0.152. The molecule has 94 valence electrons. The number of nitrogen functional groups attached to an aromatic ring is 1. The van der Waals surface area contributed by atoms with Gasteiger partial charge in [-0.3, -0.25) is 0 Å². The third-order valence-corrected chi connectivity index (χ3v) is 3.83. The zero-order valence-corrected chi connectivity index (χ0v) is 10.4. The monoisotopic (exact) mass is 234 g/mol. The maximum absolute atomic E-state index is 9.66. The van der Waals surface area contributed by atoms with E-state index in [1.807, 2.05) is 24.3 Å². The molecule has 0 radical (unpaired) electrons. The van der Waals surface area contributed by atoms with Gasteiger partial charge in [0.2, 0.25) is 0 Å². The van der Waals surface area contributed by atoms with Crippen LogP contribution < -0.4 is 11.1 Å². The summed E-state index contributed by atoms with van der Waals surface area (Å²) in [5.74, 6) is 0.775. The number of rotatable bonds is 3. The molecule has 0 heterocycles. The average Bonchev–Trinajstić information content (AvgIpc) is 2.33. The van der Waals surface area contributed by atoms with Gasteiger partial charge in [-0.25, -0.2) is 0 Å². The minimum Gasteiger partial charge on any atom is -0.399 e. The second kappa shape index (κ2) is 4.96. The molecule has 0 bridgehead atoms. The zero-order valence-electron chi connectivity index (χ0n) is 10.4. The molecule has 1 aromatic carbocycles. The predicted molar refractivity (Wildman–Crippen MR) is 71.9 cm³/mol. The topological polar surface area (TPSA) is 58.3 Å². The zero-order chi connectivity index (χ0) is 12.3. The Morgan fingerprint density at radius 1 is 1.41 bits per heavy atom. The van der Waals surface area contributed by atoms with Gasteiger partial charge in [0, 0.05) is 11.4 Å². The first kappa shape index (κ1) is 12.2. The van der Waals surface area contributed by atoms with E-state index >= 15 is 0 Å². The largest absolute Gasteiger partial charge is 0.399 e. The molecule has 1 aliphatic rings. The van der Waals surface area contributed by atoms with Crippen molar-refractivity contribution in [2.24, 2.45) is 5.92 Å². The van der Waals surface area contributed by atoms with Crippen molar-refractivity contribution in [3.8, 4) is 0 Å². The lowest BCUT2D eigenvalue weighted by Gasteiger charge is -2.39. The maximum atomic E-state index is 9.66. The van der Waals surface area contributed by atoms with Crippen molar-refractivity contribution >= 4 is 11.4 Å². The number of nitrogens with one attached hydrogen (secondary N) is 1. The standard InChI is InChI=1S/C14H22N2O/c1-11-5-7-14(10-17,8-6-11)16-13-4-2-3-12(15)9-13/h2-4,9,11,16-17H,5-8,10,15H2,1H3. The van der Waals surface area contributed by atoms with Crippen LogP contribution in [-0.4, -0.2) is 17.3 Å². The van der Waals surface area contributed by atoms with Crippen molar-refractivity contribution in [2.75, 3.05) is 17.7 Å². The summed E-state index contributed by atoms with van der Waals surface area (Å²) in [5, 5.41) is 13.1. The van der Waals surface area contributed by atoms with Crippen LogP contribution in [0.15, 0.2) is 24.3 Å². The summed E-state index contributed by atoms with van der Waals surface area (Å²) in [5.41, 5.74) is 7.38. The molecule has 0 aromatic heterocycles. The Kier molecular flexibility index (Phi) is 3.57.